The van der Waals surface area contributed by atoms with E-state index in [-0.39, 0.29) is 5.95 Å². The summed E-state index contributed by atoms with van der Waals surface area (Å²) in [5.74, 6) is 2.12. The largest absolute Gasteiger partial charge is 0.497 e. The molecule has 0 radical (unpaired) electrons. The molecule has 0 atom stereocenters. The number of benzene rings is 2. The molecule has 1 saturated heterocycles. The van der Waals surface area contributed by atoms with Gasteiger partial charge in [0.1, 0.15) is 11.6 Å². The Balaban J connectivity index is 1.37. The maximum Gasteiger partial charge on any atom is 0.232 e. The molecule has 0 unspecified atom stereocenters. The number of methoxy groups -OCH3 is 1. The van der Waals surface area contributed by atoms with E-state index in [1.807, 2.05) is 30.3 Å². The monoisotopic (exact) mass is 425 g/mol. The average Bonchev–Trinajstić information content (AvgIpc) is 2.74. The second-order valence-corrected chi connectivity index (χ2v) is 7.47. The Labute approximate surface area is 180 Å². The van der Waals surface area contributed by atoms with E-state index in [0.29, 0.717) is 23.3 Å². The number of rotatable bonds is 6. The minimum Gasteiger partial charge on any atom is -0.497 e. The van der Waals surface area contributed by atoms with E-state index >= 15 is 0 Å². The molecule has 1 aliphatic rings. The van der Waals surface area contributed by atoms with Gasteiger partial charge in [-0.3, -0.25) is 4.90 Å². The highest BCUT2D eigenvalue weighted by Gasteiger charge is 2.19. The fourth-order valence-corrected chi connectivity index (χ4v) is 3.61. The first-order chi connectivity index (χ1) is 14.6. The highest BCUT2D eigenvalue weighted by molar-refractivity contribution is 6.30. The zero-order valence-corrected chi connectivity index (χ0v) is 17.5. The van der Waals surface area contributed by atoms with Crippen LogP contribution < -0.4 is 20.7 Å². The summed E-state index contributed by atoms with van der Waals surface area (Å²) in [6.45, 7) is 4.30. The lowest BCUT2D eigenvalue weighted by molar-refractivity contribution is 0.244. The predicted octanol–water partition coefficient (Wildman–Crippen LogP) is 3.18. The van der Waals surface area contributed by atoms with Crippen molar-refractivity contribution in [3.63, 3.8) is 0 Å². The zero-order chi connectivity index (χ0) is 20.9. The summed E-state index contributed by atoms with van der Waals surface area (Å²) in [6, 6.07) is 15.5. The summed E-state index contributed by atoms with van der Waals surface area (Å²) < 4.78 is 5.23. The molecule has 2 aromatic carbocycles. The van der Waals surface area contributed by atoms with Crippen molar-refractivity contribution in [2.75, 3.05) is 49.2 Å². The molecule has 0 bridgehead atoms. The van der Waals surface area contributed by atoms with E-state index in [9.17, 15) is 0 Å². The maximum atomic E-state index is 6.04. The van der Waals surface area contributed by atoms with Crippen molar-refractivity contribution >= 4 is 34.9 Å². The number of nitrogens with zero attached hydrogens (tertiary/aromatic N) is 5. The highest BCUT2D eigenvalue weighted by atomic mass is 35.5. The van der Waals surface area contributed by atoms with E-state index in [1.165, 1.54) is 5.69 Å². The number of hydrogen-bond donors (Lipinski definition) is 2. The van der Waals surface area contributed by atoms with Crippen molar-refractivity contribution in [1.29, 1.82) is 0 Å². The van der Waals surface area contributed by atoms with Gasteiger partial charge in [0, 0.05) is 42.6 Å². The number of nitrogens with one attached hydrogen (secondary N) is 1. The molecule has 1 fully saturated rings. The fourth-order valence-electron chi connectivity index (χ4n) is 3.42. The van der Waals surface area contributed by atoms with Gasteiger partial charge in [-0.15, -0.1) is 0 Å². The lowest BCUT2D eigenvalue weighted by Crippen LogP contribution is -2.46. The Hall–Kier alpha value is -3.10. The highest BCUT2D eigenvalue weighted by Crippen LogP contribution is 2.21. The number of nitrogen functional groups attached to an aromatic ring is 1. The van der Waals surface area contributed by atoms with Gasteiger partial charge in [-0.1, -0.05) is 17.7 Å². The molecule has 3 N–H and O–H groups in total. The molecule has 8 nitrogen and oxygen atoms in total. The fraction of sp³-hybridized carbons (Fsp3) is 0.286. The van der Waals surface area contributed by atoms with Gasteiger partial charge >= 0.3 is 0 Å². The normalized spacial score (nSPS) is 14.5. The number of aromatic nitrogens is 3. The lowest BCUT2D eigenvalue weighted by atomic mass is 10.2. The third kappa shape index (κ3) is 5.08. The van der Waals surface area contributed by atoms with Crippen molar-refractivity contribution in [2.24, 2.45) is 0 Å². The Bertz CT molecular complexity index is 991. The molecule has 3 aromatic rings. The molecule has 1 aliphatic heterocycles. The summed E-state index contributed by atoms with van der Waals surface area (Å²) in [7, 11) is 1.68. The van der Waals surface area contributed by atoms with Crippen LogP contribution in [-0.2, 0) is 6.54 Å². The molecule has 4 rings (SSSR count). The van der Waals surface area contributed by atoms with E-state index in [4.69, 9.17) is 22.1 Å². The van der Waals surface area contributed by atoms with Gasteiger partial charge < -0.3 is 20.7 Å². The number of halogens is 1. The summed E-state index contributed by atoms with van der Waals surface area (Å²) in [5.41, 5.74) is 7.90. The van der Waals surface area contributed by atoms with Gasteiger partial charge in [0.2, 0.25) is 11.9 Å². The van der Waals surface area contributed by atoms with Crippen molar-refractivity contribution in [3.05, 3.63) is 59.4 Å². The first-order valence-electron chi connectivity index (χ1n) is 9.73. The Morgan fingerprint density at radius 1 is 1.03 bits per heavy atom. The van der Waals surface area contributed by atoms with Crippen LogP contribution in [0.4, 0.5) is 23.3 Å². The van der Waals surface area contributed by atoms with Crippen LogP contribution in [0.3, 0.4) is 0 Å². The smallest absolute Gasteiger partial charge is 0.232 e. The summed E-state index contributed by atoms with van der Waals surface area (Å²) in [5, 5.41) is 3.77. The van der Waals surface area contributed by atoms with Gasteiger partial charge in [0.15, 0.2) is 0 Å². The Kier molecular flexibility index (Phi) is 6.15. The Morgan fingerprint density at radius 3 is 2.50 bits per heavy atom. The molecule has 2 heterocycles. The van der Waals surface area contributed by atoms with Crippen LogP contribution in [0, 0.1) is 0 Å². The van der Waals surface area contributed by atoms with Crippen molar-refractivity contribution in [1.82, 2.24) is 19.9 Å². The SMILES string of the molecule is COc1ccc(N2CCN(Cc3nc(N)nc(Nc4cccc(Cl)c4)n3)CC2)cc1. The molecule has 0 saturated carbocycles. The van der Waals surface area contributed by atoms with E-state index in [1.54, 1.807) is 13.2 Å². The second-order valence-electron chi connectivity index (χ2n) is 7.03. The standard InChI is InChI=1S/C21H24ClN7O/c1-30-18-7-5-17(6-8-18)29-11-9-28(10-12-29)14-19-25-20(23)27-21(26-19)24-16-4-2-3-15(22)13-16/h2-8,13H,9-12,14H2,1H3,(H3,23,24,25,26,27). The molecule has 0 aliphatic carbocycles. The Morgan fingerprint density at radius 2 is 1.80 bits per heavy atom. The first kappa shape index (κ1) is 20.2. The van der Waals surface area contributed by atoms with Crippen LogP contribution in [0.15, 0.2) is 48.5 Å². The van der Waals surface area contributed by atoms with Crippen LogP contribution in [-0.4, -0.2) is 53.1 Å². The molecular weight excluding hydrogens is 402 g/mol. The van der Waals surface area contributed by atoms with Crippen molar-refractivity contribution in [3.8, 4) is 5.75 Å². The lowest BCUT2D eigenvalue weighted by Gasteiger charge is -2.35. The summed E-state index contributed by atoms with van der Waals surface area (Å²) in [4.78, 5) is 17.7. The molecule has 0 amide bonds. The summed E-state index contributed by atoms with van der Waals surface area (Å²) in [6.07, 6.45) is 0. The van der Waals surface area contributed by atoms with Gasteiger partial charge in [0.25, 0.3) is 0 Å². The van der Waals surface area contributed by atoms with Crippen LogP contribution >= 0.6 is 11.6 Å². The van der Waals surface area contributed by atoms with Crippen molar-refractivity contribution < 1.29 is 4.74 Å². The maximum absolute atomic E-state index is 6.04. The van der Waals surface area contributed by atoms with Crippen LogP contribution in [0.2, 0.25) is 5.02 Å². The number of hydrogen-bond acceptors (Lipinski definition) is 8. The number of piperazine rings is 1. The molecule has 30 heavy (non-hydrogen) atoms. The minimum atomic E-state index is 0.196. The second kappa shape index (κ2) is 9.15. The van der Waals surface area contributed by atoms with Gasteiger partial charge in [-0.2, -0.15) is 15.0 Å². The van der Waals surface area contributed by atoms with Crippen LogP contribution in [0.25, 0.3) is 0 Å². The predicted molar refractivity (Wildman–Crippen MR) is 119 cm³/mol. The van der Waals surface area contributed by atoms with Gasteiger partial charge in [-0.05, 0) is 42.5 Å². The van der Waals surface area contributed by atoms with Crippen molar-refractivity contribution in [2.45, 2.75) is 6.54 Å². The molecule has 0 spiro atoms. The zero-order valence-electron chi connectivity index (χ0n) is 16.8. The third-order valence-corrected chi connectivity index (χ3v) is 5.19. The molecule has 9 heteroatoms. The molecular formula is C21H24ClN7O. The van der Waals surface area contributed by atoms with Crippen LogP contribution in [0.1, 0.15) is 5.82 Å². The van der Waals surface area contributed by atoms with Crippen LogP contribution in [0.5, 0.6) is 5.75 Å². The first-order valence-corrected chi connectivity index (χ1v) is 10.1. The molecule has 1 aromatic heterocycles. The molecule has 156 valence electrons. The topological polar surface area (TPSA) is 92.4 Å². The third-order valence-electron chi connectivity index (χ3n) is 4.95. The number of ether oxygens (including phenoxy) is 1. The average molecular weight is 426 g/mol. The van der Waals surface area contributed by atoms with Gasteiger partial charge in [0.05, 0.1) is 13.7 Å². The van der Waals surface area contributed by atoms with E-state index < -0.39 is 0 Å². The minimum absolute atomic E-state index is 0.196. The van der Waals surface area contributed by atoms with E-state index in [0.717, 1.165) is 37.6 Å². The van der Waals surface area contributed by atoms with E-state index in [2.05, 4.69) is 42.2 Å². The summed E-state index contributed by atoms with van der Waals surface area (Å²) >= 11 is 6.04. The number of anilines is 4. The quantitative estimate of drug-likeness (QED) is 0.622. The van der Waals surface area contributed by atoms with Gasteiger partial charge in [-0.25, -0.2) is 0 Å². The number of nitrogens with two attached hydrogens (primary N) is 1.